The number of hydrogen-bond acceptors (Lipinski definition) is 5. The number of esters is 1. The molecule has 3 N–H and O–H groups in total. The molecule has 1 aliphatic rings. The van der Waals surface area contributed by atoms with Crippen molar-refractivity contribution in [2.24, 2.45) is 0 Å². The van der Waals surface area contributed by atoms with Gasteiger partial charge in [-0.3, -0.25) is 0 Å². The molecule has 1 saturated carbocycles. The van der Waals surface area contributed by atoms with Gasteiger partial charge in [0, 0.05) is 11.3 Å². The van der Waals surface area contributed by atoms with Gasteiger partial charge in [-0.15, -0.1) is 0 Å². The Morgan fingerprint density at radius 2 is 2.29 bits per heavy atom. The highest BCUT2D eigenvalue weighted by molar-refractivity contribution is 7.99. The zero-order chi connectivity index (χ0) is 15.2. The Labute approximate surface area is 130 Å². The van der Waals surface area contributed by atoms with Crippen LogP contribution in [0.4, 0.5) is 11.4 Å². The van der Waals surface area contributed by atoms with E-state index >= 15 is 0 Å². The van der Waals surface area contributed by atoms with Crippen molar-refractivity contribution in [1.82, 2.24) is 0 Å². The summed E-state index contributed by atoms with van der Waals surface area (Å²) in [4.78, 5) is 11.8. The fourth-order valence-corrected chi connectivity index (χ4v) is 3.56. The molecule has 1 aromatic carbocycles. The summed E-state index contributed by atoms with van der Waals surface area (Å²) in [6.07, 6.45) is 6.99. The SMILES string of the molecule is CCOC(=O)c1ccc(N)c(NC2CCCC(SC)C2)c1. The van der Waals surface area contributed by atoms with Crippen molar-refractivity contribution in [3.63, 3.8) is 0 Å². The second-order valence-corrected chi connectivity index (χ2v) is 6.53. The smallest absolute Gasteiger partial charge is 0.338 e. The molecule has 0 aromatic heterocycles. The van der Waals surface area contributed by atoms with Crippen molar-refractivity contribution in [3.05, 3.63) is 23.8 Å². The van der Waals surface area contributed by atoms with Gasteiger partial charge in [-0.05, 0) is 50.6 Å². The van der Waals surface area contributed by atoms with Crippen molar-refractivity contribution < 1.29 is 9.53 Å². The summed E-state index contributed by atoms with van der Waals surface area (Å²) >= 11 is 1.93. The van der Waals surface area contributed by atoms with Gasteiger partial charge in [0.2, 0.25) is 0 Å². The van der Waals surface area contributed by atoms with Crippen LogP contribution in [-0.2, 0) is 4.74 Å². The average molecular weight is 308 g/mol. The van der Waals surface area contributed by atoms with E-state index in [0.29, 0.717) is 29.1 Å². The van der Waals surface area contributed by atoms with E-state index in [9.17, 15) is 4.79 Å². The van der Waals surface area contributed by atoms with E-state index in [4.69, 9.17) is 10.5 Å². The predicted octanol–water partition coefficient (Wildman–Crippen LogP) is 3.53. The lowest BCUT2D eigenvalue weighted by atomic mass is 9.94. The lowest BCUT2D eigenvalue weighted by Gasteiger charge is -2.29. The van der Waals surface area contributed by atoms with Crippen LogP contribution in [0.25, 0.3) is 0 Å². The van der Waals surface area contributed by atoms with Gasteiger partial charge in [0.15, 0.2) is 0 Å². The molecule has 2 unspecified atom stereocenters. The molecule has 0 heterocycles. The minimum Gasteiger partial charge on any atom is -0.462 e. The highest BCUT2D eigenvalue weighted by atomic mass is 32.2. The summed E-state index contributed by atoms with van der Waals surface area (Å²) in [6, 6.07) is 5.71. The number of carbonyl (C=O) groups is 1. The number of hydrogen-bond donors (Lipinski definition) is 2. The maximum Gasteiger partial charge on any atom is 0.338 e. The summed E-state index contributed by atoms with van der Waals surface area (Å²) in [6.45, 7) is 2.18. The van der Waals surface area contributed by atoms with Crippen LogP contribution < -0.4 is 11.1 Å². The van der Waals surface area contributed by atoms with E-state index in [2.05, 4.69) is 11.6 Å². The number of nitrogen functional groups attached to an aromatic ring is 1. The van der Waals surface area contributed by atoms with Crippen LogP contribution in [0.5, 0.6) is 0 Å². The molecule has 0 saturated heterocycles. The average Bonchev–Trinajstić information content (AvgIpc) is 2.50. The first-order valence-electron chi connectivity index (χ1n) is 7.50. The maximum absolute atomic E-state index is 11.8. The molecule has 0 radical (unpaired) electrons. The van der Waals surface area contributed by atoms with Crippen molar-refractivity contribution in [2.75, 3.05) is 23.9 Å². The molecule has 5 heteroatoms. The molecule has 4 nitrogen and oxygen atoms in total. The van der Waals surface area contributed by atoms with Crippen molar-refractivity contribution in [3.8, 4) is 0 Å². The third kappa shape index (κ3) is 4.30. The van der Waals surface area contributed by atoms with Crippen LogP contribution in [0.2, 0.25) is 0 Å². The van der Waals surface area contributed by atoms with Crippen molar-refractivity contribution in [1.29, 1.82) is 0 Å². The molecule has 0 aliphatic heterocycles. The minimum absolute atomic E-state index is 0.300. The highest BCUT2D eigenvalue weighted by Crippen LogP contribution is 2.30. The Hall–Kier alpha value is -1.36. The Kier molecular flexibility index (Phi) is 5.79. The third-order valence-electron chi connectivity index (χ3n) is 3.88. The van der Waals surface area contributed by atoms with E-state index in [1.807, 2.05) is 11.8 Å². The Bertz CT molecular complexity index is 493. The number of nitrogens with one attached hydrogen (secondary N) is 1. The van der Waals surface area contributed by atoms with Gasteiger partial charge >= 0.3 is 5.97 Å². The molecule has 116 valence electrons. The number of carbonyl (C=O) groups excluding carboxylic acids is 1. The van der Waals surface area contributed by atoms with Crippen LogP contribution in [0, 0.1) is 0 Å². The molecule has 0 bridgehead atoms. The van der Waals surface area contributed by atoms with Gasteiger partial charge in [-0.2, -0.15) is 11.8 Å². The normalized spacial score (nSPS) is 21.8. The number of nitrogens with two attached hydrogens (primary N) is 1. The van der Waals surface area contributed by atoms with Crippen LogP contribution in [0.1, 0.15) is 43.0 Å². The molecule has 0 spiro atoms. The molecule has 1 aliphatic carbocycles. The number of benzene rings is 1. The maximum atomic E-state index is 11.8. The lowest BCUT2D eigenvalue weighted by molar-refractivity contribution is 0.0526. The summed E-state index contributed by atoms with van der Waals surface area (Å²) < 4.78 is 5.04. The zero-order valence-electron chi connectivity index (χ0n) is 12.7. The lowest BCUT2D eigenvalue weighted by Crippen LogP contribution is -2.28. The van der Waals surface area contributed by atoms with Gasteiger partial charge in [0.05, 0.1) is 23.5 Å². The molecule has 0 amide bonds. The quantitative estimate of drug-likeness (QED) is 0.643. The molecule has 2 atom stereocenters. The summed E-state index contributed by atoms with van der Waals surface area (Å²) in [5.41, 5.74) is 8.09. The number of anilines is 2. The predicted molar refractivity (Wildman–Crippen MR) is 90.0 cm³/mol. The monoisotopic (exact) mass is 308 g/mol. The van der Waals surface area contributed by atoms with Crippen LogP contribution in [0.3, 0.4) is 0 Å². The van der Waals surface area contributed by atoms with E-state index in [1.165, 1.54) is 12.8 Å². The van der Waals surface area contributed by atoms with Crippen LogP contribution in [-0.4, -0.2) is 30.1 Å². The van der Waals surface area contributed by atoms with E-state index in [-0.39, 0.29) is 5.97 Å². The highest BCUT2D eigenvalue weighted by Gasteiger charge is 2.22. The summed E-state index contributed by atoms with van der Waals surface area (Å²) in [5.74, 6) is -0.300. The van der Waals surface area contributed by atoms with Crippen LogP contribution in [0.15, 0.2) is 18.2 Å². The molecule has 2 rings (SSSR count). The second-order valence-electron chi connectivity index (χ2n) is 5.39. The van der Waals surface area contributed by atoms with Crippen LogP contribution >= 0.6 is 11.8 Å². The van der Waals surface area contributed by atoms with E-state index in [0.717, 1.165) is 18.5 Å². The standard InChI is InChI=1S/C16H24N2O2S/c1-3-20-16(19)11-7-8-14(17)15(9-11)18-12-5-4-6-13(10-12)21-2/h7-9,12-13,18H,3-6,10,17H2,1-2H3. The summed E-state index contributed by atoms with van der Waals surface area (Å²) in [5, 5.41) is 4.22. The number of ether oxygens (including phenoxy) is 1. The Morgan fingerprint density at radius 3 is 3.00 bits per heavy atom. The van der Waals surface area contributed by atoms with Gasteiger partial charge in [0.25, 0.3) is 0 Å². The van der Waals surface area contributed by atoms with E-state index < -0.39 is 0 Å². The first-order valence-corrected chi connectivity index (χ1v) is 8.78. The van der Waals surface area contributed by atoms with Gasteiger partial charge in [-0.1, -0.05) is 6.42 Å². The van der Waals surface area contributed by atoms with Gasteiger partial charge in [0.1, 0.15) is 0 Å². The van der Waals surface area contributed by atoms with Crippen molar-refractivity contribution >= 4 is 29.1 Å². The fourth-order valence-electron chi connectivity index (χ4n) is 2.73. The molecule has 1 fully saturated rings. The van der Waals surface area contributed by atoms with Gasteiger partial charge in [-0.25, -0.2) is 4.79 Å². The fraction of sp³-hybridized carbons (Fsp3) is 0.562. The first-order chi connectivity index (χ1) is 10.1. The molecule has 21 heavy (non-hydrogen) atoms. The zero-order valence-corrected chi connectivity index (χ0v) is 13.5. The minimum atomic E-state index is -0.300. The molecule has 1 aromatic rings. The first kappa shape index (κ1) is 16.0. The van der Waals surface area contributed by atoms with E-state index in [1.54, 1.807) is 25.1 Å². The molecular weight excluding hydrogens is 284 g/mol. The largest absolute Gasteiger partial charge is 0.462 e. The number of rotatable bonds is 5. The topological polar surface area (TPSA) is 64.3 Å². The number of thioether (sulfide) groups is 1. The second kappa shape index (κ2) is 7.59. The Balaban J connectivity index is 2.08. The Morgan fingerprint density at radius 1 is 1.48 bits per heavy atom. The summed E-state index contributed by atoms with van der Waals surface area (Å²) in [7, 11) is 0. The van der Waals surface area contributed by atoms with Crippen molar-refractivity contribution in [2.45, 2.75) is 43.9 Å². The third-order valence-corrected chi connectivity index (χ3v) is 4.98. The molecular formula is C16H24N2O2S. The van der Waals surface area contributed by atoms with Gasteiger partial charge < -0.3 is 15.8 Å².